The van der Waals surface area contributed by atoms with Crippen LogP contribution in [0, 0.1) is 18.8 Å². The molecule has 1 aliphatic heterocycles. The zero-order valence-electron chi connectivity index (χ0n) is 18.1. The molecule has 0 unspecified atom stereocenters. The van der Waals surface area contributed by atoms with Crippen LogP contribution in [0.15, 0.2) is 66.9 Å². The van der Waals surface area contributed by atoms with E-state index in [0.717, 1.165) is 23.5 Å². The summed E-state index contributed by atoms with van der Waals surface area (Å²) in [6.45, 7) is 4.40. The number of rotatable bonds is 2. The van der Waals surface area contributed by atoms with Gasteiger partial charge in [0.1, 0.15) is 5.82 Å². The second-order valence-electron chi connectivity index (χ2n) is 7.83. The summed E-state index contributed by atoms with van der Waals surface area (Å²) in [6.07, 6.45) is -2.67. The van der Waals surface area contributed by atoms with Crippen molar-refractivity contribution in [1.82, 2.24) is 9.88 Å². The van der Waals surface area contributed by atoms with Gasteiger partial charge in [-0.2, -0.15) is 13.2 Å². The minimum absolute atomic E-state index is 0.0854. The SMILES string of the molecule is Cc1ccc(C(=O)N2CCN(c3ccccn3)CC2)cc1C#Cc1cccc(C(F)(F)F)c1. The van der Waals surface area contributed by atoms with Crippen molar-refractivity contribution >= 4 is 11.7 Å². The highest BCUT2D eigenvalue weighted by atomic mass is 19.4. The third-order valence-corrected chi connectivity index (χ3v) is 5.56. The molecule has 0 spiro atoms. The molecule has 1 amide bonds. The summed E-state index contributed by atoms with van der Waals surface area (Å²) < 4.78 is 38.8. The Labute approximate surface area is 190 Å². The van der Waals surface area contributed by atoms with Crippen molar-refractivity contribution in [3.8, 4) is 11.8 Å². The zero-order valence-corrected chi connectivity index (χ0v) is 18.1. The lowest BCUT2D eigenvalue weighted by Crippen LogP contribution is -2.49. The van der Waals surface area contributed by atoms with E-state index in [-0.39, 0.29) is 11.5 Å². The first-order chi connectivity index (χ1) is 15.8. The molecule has 1 saturated heterocycles. The van der Waals surface area contributed by atoms with Gasteiger partial charge in [-0.3, -0.25) is 4.79 Å². The van der Waals surface area contributed by atoms with Crippen LogP contribution >= 0.6 is 0 Å². The number of aryl methyl sites for hydroxylation is 1. The second-order valence-corrected chi connectivity index (χ2v) is 7.83. The Morgan fingerprint density at radius 2 is 1.73 bits per heavy atom. The summed E-state index contributed by atoms with van der Waals surface area (Å²) in [5, 5.41) is 0. The van der Waals surface area contributed by atoms with E-state index in [4.69, 9.17) is 0 Å². The van der Waals surface area contributed by atoms with Gasteiger partial charge in [0, 0.05) is 49.1 Å². The van der Waals surface area contributed by atoms with Gasteiger partial charge in [-0.25, -0.2) is 4.98 Å². The number of alkyl halides is 3. The summed E-state index contributed by atoms with van der Waals surface area (Å²) >= 11 is 0. The smallest absolute Gasteiger partial charge is 0.353 e. The number of hydrogen-bond acceptors (Lipinski definition) is 3. The van der Waals surface area contributed by atoms with Crippen LogP contribution < -0.4 is 4.90 Å². The molecule has 2 heterocycles. The number of nitrogens with zero attached hydrogens (tertiary/aromatic N) is 3. The fourth-order valence-electron chi connectivity index (χ4n) is 3.66. The number of carbonyl (C=O) groups is 1. The maximum Gasteiger partial charge on any atom is 0.416 e. The van der Waals surface area contributed by atoms with Crippen molar-refractivity contribution < 1.29 is 18.0 Å². The van der Waals surface area contributed by atoms with Gasteiger partial charge in [-0.15, -0.1) is 0 Å². The minimum Gasteiger partial charge on any atom is -0.353 e. The number of benzene rings is 2. The molecule has 0 aliphatic carbocycles. The predicted octanol–water partition coefficient (Wildman–Crippen LogP) is 4.77. The van der Waals surface area contributed by atoms with Gasteiger partial charge < -0.3 is 9.80 Å². The molecular weight excluding hydrogens is 427 g/mol. The molecular formula is C26H22F3N3O. The van der Waals surface area contributed by atoms with E-state index < -0.39 is 11.7 Å². The summed E-state index contributed by atoms with van der Waals surface area (Å²) in [5.74, 6) is 6.54. The van der Waals surface area contributed by atoms with Crippen LogP contribution in [-0.2, 0) is 6.18 Å². The highest BCUT2D eigenvalue weighted by Gasteiger charge is 2.30. The van der Waals surface area contributed by atoms with E-state index in [1.54, 1.807) is 23.2 Å². The molecule has 1 aromatic heterocycles. The number of carbonyl (C=O) groups excluding carboxylic acids is 1. The zero-order chi connectivity index (χ0) is 23.4. The lowest BCUT2D eigenvalue weighted by Gasteiger charge is -2.35. The average Bonchev–Trinajstić information content (AvgIpc) is 2.83. The molecule has 2 aromatic carbocycles. The van der Waals surface area contributed by atoms with Gasteiger partial charge in [0.05, 0.1) is 5.56 Å². The van der Waals surface area contributed by atoms with Crippen LogP contribution in [0.2, 0.25) is 0 Å². The number of aromatic nitrogens is 1. The summed E-state index contributed by atoms with van der Waals surface area (Å²) in [5.41, 5.74) is 1.52. The highest BCUT2D eigenvalue weighted by Crippen LogP contribution is 2.29. The molecule has 1 aliphatic rings. The molecule has 0 saturated carbocycles. The average molecular weight is 449 g/mol. The number of pyridine rings is 1. The molecule has 168 valence electrons. The number of halogens is 3. The monoisotopic (exact) mass is 449 g/mol. The van der Waals surface area contributed by atoms with Crippen LogP contribution in [0.5, 0.6) is 0 Å². The Morgan fingerprint density at radius 3 is 2.42 bits per heavy atom. The van der Waals surface area contributed by atoms with Crippen molar-refractivity contribution in [3.05, 3.63) is 94.7 Å². The molecule has 3 aromatic rings. The summed E-state index contributed by atoms with van der Waals surface area (Å²) in [6, 6.07) is 16.0. The minimum atomic E-state index is -4.42. The second kappa shape index (κ2) is 9.37. The third-order valence-electron chi connectivity index (χ3n) is 5.56. The molecule has 7 heteroatoms. The number of hydrogen-bond donors (Lipinski definition) is 0. The van der Waals surface area contributed by atoms with Gasteiger partial charge in [-0.05, 0) is 55.0 Å². The highest BCUT2D eigenvalue weighted by molar-refractivity contribution is 5.95. The molecule has 0 radical (unpaired) electrons. The van der Waals surface area contributed by atoms with Crippen molar-refractivity contribution in [3.63, 3.8) is 0 Å². The first kappa shape index (κ1) is 22.4. The molecule has 0 bridgehead atoms. The molecule has 4 rings (SSSR count). The van der Waals surface area contributed by atoms with Crippen LogP contribution in [0.3, 0.4) is 0 Å². The van der Waals surface area contributed by atoms with Gasteiger partial charge >= 0.3 is 6.18 Å². The Morgan fingerprint density at radius 1 is 0.939 bits per heavy atom. The van der Waals surface area contributed by atoms with Crippen molar-refractivity contribution in [2.45, 2.75) is 13.1 Å². The Balaban J connectivity index is 1.48. The van der Waals surface area contributed by atoms with Crippen molar-refractivity contribution in [2.75, 3.05) is 31.1 Å². The number of amides is 1. The normalized spacial score (nSPS) is 13.9. The molecule has 0 atom stereocenters. The van der Waals surface area contributed by atoms with E-state index in [1.165, 1.54) is 12.1 Å². The van der Waals surface area contributed by atoms with E-state index >= 15 is 0 Å². The van der Waals surface area contributed by atoms with E-state index in [1.807, 2.05) is 31.2 Å². The molecule has 4 nitrogen and oxygen atoms in total. The lowest BCUT2D eigenvalue weighted by atomic mass is 10.0. The standard InChI is InChI=1S/C26H22F3N3O/c1-19-8-10-22(18-21(19)11-9-20-5-4-6-23(17-20)26(27,28)29)25(33)32-15-13-31(14-16-32)24-7-2-3-12-30-24/h2-8,10,12,17-18H,13-16H2,1H3. The van der Waals surface area contributed by atoms with Crippen LogP contribution in [0.1, 0.15) is 32.6 Å². The van der Waals surface area contributed by atoms with Crippen molar-refractivity contribution in [1.29, 1.82) is 0 Å². The fraction of sp³-hybridized carbons (Fsp3) is 0.231. The van der Waals surface area contributed by atoms with E-state index in [9.17, 15) is 18.0 Å². The molecule has 0 N–H and O–H groups in total. The largest absolute Gasteiger partial charge is 0.416 e. The van der Waals surface area contributed by atoms with E-state index in [2.05, 4.69) is 21.7 Å². The molecule has 33 heavy (non-hydrogen) atoms. The topological polar surface area (TPSA) is 36.4 Å². The van der Waals surface area contributed by atoms with Gasteiger partial charge in [0.15, 0.2) is 0 Å². The summed E-state index contributed by atoms with van der Waals surface area (Å²) in [7, 11) is 0. The quantitative estimate of drug-likeness (QED) is 0.529. The fourth-order valence-corrected chi connectivity index (χ4v) is 3.66. The first-order valence-corrected chi connectivity index (χ1v) is 10.6. The van der Waals surface area contributed by atoms with Crippen LogP contribution in [0.25, 0.3) is 0 Å². The summed E-state index contributed by atoms with van der Waals surface area (Å²) in [4.78, 5) is 21.4. The Kier molecular flexibility index (Phi) is 6.36. The third kappa shape index (κ3) is 5.35. The van der Waals surface area contributed by atoms with Gasteiger partial charge in [-0.1, -0.05) is 30.0 Å². The van der Waals surface area contributed by atoms with Gasteiger partial charge in [0.25, 0.3) is 5.91 Å². The van der Waals surface area contributed by atoms with Crippen LogP contribution in [0.4, 0.5) is 19.0 Å². The molecule has 1 fully saturated rings. The van der Waals surface area contributed by atoms with Gasteiger partial charge in [0.2, 0.25) is 0 Å². The number of piperazine rings is 1. The van der Waals surface area contributed by atoms with Crippen molar-refractivity contribution in [2.24, 2.45) is 0 Å². The Bertz CT molecular complexity index is 1200. The predicted molar refractivity (Wildman–Crippen MR) is 121 cm³/mol. The Hall–Kier alpha value is -3.79. The maximum atomic E-state index is 13.1. The van der Waals surface area contributed by atoms with E-state index in [0.29, 0.717) is 37.3 Å². The number of anilines is 1. The first-order valence-electron chi connectivity index (χ1n) is 10.6. The van der Waals surface area contributed by atoms with Crippen LogP contribution in [-0.4, -0.2) is 42.0 Å². The lowest BCUT2D eigenvalue weighted by molar-refractivity contribution is -0.137. The maximum absolute atomic E-state index is 13.1.